The molecule has 0 saturated carbocycles. The predicted molar refractivity (Wildman–Crippen MR) is 80.8 cm³/mol. The molecule has 0 spiro atoms. The highest BCUT2D eigenvalue weighted by molar-refractivity contribution is 6.05. The van der Waals surface area contributed by atoms with Crippen LogP contribution in [0.3, 0.4) is 0 Å². The Morgan fingerprint density at radius 2 is 1.95 bits per heavy atom. The second-order valence-electron chi connectivity index (χ2n) is 4.58. The third-order valence-corrected chi connectivity index (χ3v) is 3.20. The molecule has 3 rings (SSSR count). The summed E-state index contributed by atoms with van der Waals surface area (Å²) in [5, 5.41) is 7.09. The van der Waals surface area contributed by atoms with E-state index < -0.39 is 0 Å². The van der Waals surface area contributed by atoms with Crippen molar-refractivity contribution in [2.24, 2.45) is 7.05 Å². The van der Waals surface area contributed by atoms with E-state index in [1.165, 1.54) is 0 Å². The number of benzene rings is 1. The number of anilines is 1. The van der Waals surface area contributed by atoms with Crippen LogP contribution in [0.25, 0.3) is 11.3 Å². The van der Waals surface area contributed by atoms with Crippen molar-refractivity contribution in [3.63, 3.8) is 0 Å². The van der Waals surface area contributed by atoms with Crippen LogP contribution in [0.5, 0.6) is 0 Å². The Balaban J connectivity index is 1.94. The number of hydrogen-bond acceptors (Lipinski definition) is 3. The van der Waals surface area contributed by atoms with E-state index in [9.17, 15) is 4.79 Å². The lowest BCUT2D eigenvalue weighted by Gasteiger charge is -2.11. The maximum Gasteiger partial charge on any atom is 0.257 e. The van der Waals surface area contributed by atoms with Crippen LogP contribution in [0.1, 0.15) is 10.4 Å². The third kappa shape index (κ3) is 2.67. The van der Waals surface area contributed by atoms with E-state index in [-0.39, 0.29) is 5.91 Å². The van der Waals surface area contributed by atoms with Gasteiger partial charge in [0.1, 0.15) is 0 Å². The van der Waals surface area contributed by atoms with Crippen molar-refractivity contribution in [1.82, 2.24) is 14.8 Å². The number of aryl methyl sites for hydroxylation is 1. The molecule has 1 aromatic carbocycles. The summed E-state index contributed by atoms with van der Waals surface area (Å²) in [7, 11) is 1.87. The van der Waals surface area contributed by atoms with E-state index >= 15 is 0 Å². The van der Waals surface area contributed by atoms with E-state index in [0.29, 0.717) is 5.56 Å². The number of pyridine rings is 1. The SMILES string of the molecule is Cn1nccc1-c1ccccc1NC(=O)c1cccnc1. The maximum absolute atomic E-state index is 12.2. The highest BCUT2D eigenvalue weighted by Gasteiger charge is 2.11. The number of para-hydroxylation sites is 1. The molecule has 0 atom stereocenters. The molecule has 5 heteroatoms. The number of nitrogens with one attached hydrogen (secondary N) is 1. The summed E-state index contributed by atoms with van der Waals surface area (Å²) in [4.78, 5) is 16.2. The molecule has 0 unspecified atom stereocenters. The molecule has 0 radical (unpaired) electrons. The van der Waals surface area contributed by atoms with Crippen LogP contribution in [-0.4, -0.2) is 20.7 Å². The Kier molecular flexibility index (Phi) is 3.47. The van der Waals surface area contributed by atoms with E-state index in [1.54, 1.807) is 35.4 Å². The zero-order valence-electron chi connectivity index (χ0n) is 11.5. The van der Waals surface area contributed by atoms with E-state index in [0.717, 1.165) is 16.9 Å². The van der Waals surface area contributed by atoms with Gasteiger partial charge in [-0.1, -0.05) is 18.2 Å². The highest BCUT2D eigenvalue weighted by Crippen LogP contribution is 2.27. The van der Waals surface area contributed by atoms with Crippen LogP contribution in [0.2, 0.25) is 0 Å². The van der Waals surface area contributed by atoms with Crippen molar-refractivity contribution in [3.8, 4) is 11.3 Å². The Bertz CT molecular complexity index is 765. The highest BCUT2D eigenvalue weighted by atomic mass is 16.1. The first-order valence-corrected chi connectivity index (χ1v) is 6.54. The fourth-order valence-electron chi connectivity index (χ4n) is 2.15. The molecule has 0 aliphatic heterocycles. The van der Waals surface area contributed by atoms with Crippen LogP contribution in [0, 0.1) is 0 Å². The van der Waals surface area contributed by atoms with Crippen molar-refractivity contribution in [2.75, 3.05) is 5.32 Å². The van der Waals surface area contributed by atoms with Gasteiger partial charge in [0.05, 0.1) is 16.9 Å². The van der Waals surface area contributed by atoms with Gasteiger partial charge in [0.2, 0.25) is 0 Å². The fraction of sp³-hybridized carbons (Fsp3) is 0.0625. The number of aromatic nitrogens is 3. The minimum absolute atomic E-state index is 0.183. The van der Waals surface area contributed by atoms with Crippen molar-refractivity contribution >= 4 is 11.6 Å². The Morgan fingerprint density at radius 1 is 1.10 bits per heavy atom. The lowest BCUT2D eigenvalue weighted by Crippen LogP contribution is -2.13. The number of carbonyl (C=O) groups excluding carboxylic acids is 1. The molecule has 1 N–H and O–H groups in total. The predicted octanol–water partition coefficient (Wildman–Crippen LogP) is 2.73. The second-order valence-corrected chi connectivity index (χ2v) is 4.58. The molecule has 2 aromatic heterocycles. The summed E-state index contributed by atoms with van der Waals surface area (Å²) in [5.74, 6) is -0.183. The lowest BCUT2D eigenvalue weighted by atomic mass is 10.1. The zero-order valence-corrected chi connectivity index (χ0v) is 11.5. The zero-order chi connectivity index (χ0) is 14.7. The smallest absolute Gasteiger partial charge is 0.257 e. The van der Waals surface area contributed by atoms with Gasteiger partial charge in [0.25, 0.3) is 5.91 Å². The summed E-state index contributed by atoms with van der Waals surface area (Å²) in [5.41, 5.74) is 3.14. The van der Waals surface area contributed by atoms with Crippen LogP contribution in [-0.2, 0) is 7.05 Å². The lowest BCUT2D eigenvalue weighted by molar-refractivity contribution is 0.102. The minimum atomic E-state index is -0.183. The van der Waals surface area contributed by atoms with Crippen molar-refractivity contribution in [1.29, 1.82) is 0 Å². The average Bonchev–Trinajstić information content (AvgIpc) is 2.95. The van der Waals surface area contributed by atoms with Crippen molar-refractivity contribution in [2.45, 2.75) is 0 Å². The van der Waals surface area contributed by atoms with E-state index in [4.69, 9.17) is 0 Å². The Labute approximate surface area is 122 Å². The molecule has 0 bridgehead atoms. The first-order valence-electron chi connectivity index (χ1n) is 6.54. The van der Waals surface area contributed by atoms with Crippen LogP contribution in [0.15, 0.2) is 61.1 Å². The molecule has 2 heterocycles. The van der Waals surface area contributed by atoms with Crippen LogP contribution in [0.4, 0.5) is 5.69 Å². The molecule has 21 heavy (non-hydrogen) atoms. The summed E-state index contributed by atoms with van der Waals surface area (Å²) in [6, 6.07) is 13.0. The fourth-order valence-corrected chi connectivity index (χ4v) is 2.15. The molecule has 0 aliphatic rings. The molecule has 104 valence electrons. The van der Waals surface area contributed by atoms with Gasteiger partial charge in [0.15, 0.2) is 0 Å². The molecule has 0 aliphatic carbocycles. The summed E-state index contributed by atoms with van der Waals surface area (Å²) in [6.07, 6.45) is 4.91. The summed E-state index contributed by atoms with van der Waals surface area (Å²) in [6.45, 7) is 0. The van der Waals surface area contributed by atoms with Crippen molar-refractivity contribution in [3.05, 3.63) is 66.6 Å². The van der Waals surface area contributed by atoms with Gasteiger partial charge >= 0.3 is 0 Å². The van der Waals surface area contributed by atoms with Crippen molar-refractivity contribution < 1.29 is 4.79 Å². The molecule has 5 nitrogen and oxygen atoms in total. The third-order valence-electron chi connectivity index (χ3n) is 3.20. The monoisotopic (exact) mass is 278 g/mol. The van der Waals surface area contributed by atoms with E-state index in [2.05, 4.69) is 15.4 Å². The standard InChI is InChI=1S/C16H14N4O/c1-20-15(8-10-18-20)13-6-2-3-7-14(13)19-16(21)12-5-4-9-17-11-12/h2-11H,1H3,(H,19,21). The summed E-state index contributed by atoms with van der Waals surface area (Å²) >= 11 is 0. The molecule has 0 saturated heterocycles. The van der Waals surface area contributed by atoms with Crippen LogP contribution < -0.4 is 5.32 Å². The average molecular weight is 278 g/mol. The van der Waals surface area contributed by atoms with Gasteiger partial charge in [-0.25, -0.2) is 0 Å². The minimum Gasteiger partial charge on any atom is -0.321 e. The number of nitrogens with zero attached hydrogens (tertiary/aromatic N) is 3. The van der Waals surface area contributed by atoms with Gasteiger partial charge in [-0.05, 0) is 24.3 Å². The number of carbonyl (C=O) groups is 1. The largest absolute Gasteiger partial charge is 0.321 e. The number of hydrogen-bond donors (Lipinski definition) is 1. The van der Waals surface area contributed by atoms with Gasteiger partial charge in [-0.2, -0.15) is 5.10 Å². The molecule has 3 aromatic rings. The Hall–Kier alpha value is -2.95. The second kappa shape index (κ2) is 5.58. The Morgan fingerprint density at radius 3 is 2.67 bits per heavy atom. The topological polar surface area (TPSA) is 59.8 Å². The number of rotatable bonds is 3. The van der Waals surface area contributed by atoms with E-state index in [1.807, 2.05) is 37.4 Å². The summed E-state index contributed by atoms with van der Waals surface area (Å²) < 4.78 is 1.77. The molecular formula is C16H14N4O. The molecule has 0 fully saturated rings. The van der Waals surface area contributed by atoms with Gasteiger partial charge < -0.3 is 5.32 Å². The van der Waals surface area contributed by atoms with Gasteiger partial charge in [-0.15, -0.1) is 0 Å². The maximum atomic E-state index is 12.2. The molecule has 1 amide bonds. The normalized spacial score (nSPS) is 10.3. The van der Waals surface area contributed by atoms with Gasteiger partial charge in [-0.3, -0.25) is 14.5 Å². The number of amides is 1. The van der Waals surface area contributed by atoms with Gasteiger partial charge in [0, 0.05) is 31.2 Å². The quantitative estimate of drug-likeness (QED) is 0.801. The first-order chi connectivity index (χ1) is 10.3. The molecular weight excluding hydrogens is 264 g/mol. The first kappa shape index (κ1) is 13.1. The van der Waals surface area contributed by atoms with Crippen LogP contribution >= 0.6 is 0 Å².